The number of aromatic nitrogens is 2. The second-order valence-corrected chi connectivity index (χ2v) is 4.07. The van der Waals surface area contributed by atoms with Crippen LogP contribution in [0.3, 0.4) is 0 Å². The molecule has 1 unspecified atom stereocenters. The van der Waals surface area contributed by atoms with Crippen molar-refractivity contribution in [3.05, 3.63) is 22.7 Å². The Kier molecular flexibility index (Phi) is 3.13. The summed E-state index contributed by atoms with van der Waals surface area (Å²) in [4.78, 5) is 4.21. The molecule has 15 heavy (non-hydrogen) atoms. The molecule has 0 amide bonds. The maximum Gasteiger partial charge on any atom is 0.229 e. The van der Waals surface area contributed by atoms with Gasteiger partial charge >= 0.3 is 0 Å². The van der Waals surface area contributed by atoms with Gasteiger partial charge in [0, 0.05) is 10.9 Å². The largest absolute Gasteiger partial charge is 0.393 e. The van der Waals surface area contributed by atoms with Crippen LogP contribution in [-0.4, -0.2) is 21.4 Å². The van der Waals surface area contributed by atoms with Crippen LogP contribution in [0.4, 0.5) is 0 Å². The summed E-state index contributed by atoms with van der Waals surface area (Å²) in [5, 5.41) is 17.2. The number of thiophene rings is 1. The van der Waals surface area contributed by atoms with Crippen molar-refractivity contribution in [2.24, 2.45) is 0 Å². The molecule has 0 aromatic carbocycles. The number of nitrogens with zero attached hydrogens (tertiary/aromatic N) is 2. The van der Waals surface area contributed by atoms with Crippen LogP contribution in [0.2, 0.25) is 0 Å². The molecule has 0 radical (unpaired) electrons. The predicted molar refractivity (Wildman–Crippen MR) is 57.6 cm³/mol. The number of rotatable bonds is 4. The number of aliphatic hydroxyl groups is 1. The smallest absolute Gasteiger partial charge is 0.229 e. The van der Waals surface area contributed by atoms with Gasteiger partial charge < -0.3 is 9.63 Å². The van der Waals surface area contributed by atoms with Crippen molar-refractivity contribution in [2.45, 2.75) is 25.9 Å². The molecule has 4 nitrogen and oxygen atoms in total. The van der Waals surface area contributed by atoms with Gasteiger partial charge in [-0.3, -0.25) is 0 Å². The zero-order chi connectivity index (χ0) is 10.7. The van der Waals surface area contributed by atoms with E-state index >= 15 is 0 Å². The van der Waals surface area contributed by atoms with Crippen molar-refractivity contribution < 1.29 is 9.63 Å². The molecule has 0 aliphatic rings. The molecule has 2 rings (SSSR count). The second-order valence-electron chi connectivity index (χ2n) is 3.29. The lowest BCUT2D eigenvalue weighted by molar-refractivity contribution is 0.158. The summed E-state index contributed by atoms with van der Waals surface area (Å²) in [5.74, 6) is 1.08. The summed E-state index contributed by atoms with van der Waals surface area (Å²) in [6, 6.07) is 1.94. The van der Waals surface area contributed by atoms with Gasteiger partial charge in [-0.25, -0.2) is 0 Å². The number of aliphatic hydroxyl groups excluding tert-OH is 1. The monoisotopic (exact) mass is 224 g/mol. The van der Waals surface area contributed by atoms with E-state index in [1.807, 2.05) is 23.8 Å². The normalized spacial score (nSPS) is 12.9. The summed E-state index contributed by atoms with van der Waals surface area (Å²) < 4.78 is 5.04. The van der Waals surface area contributed by atoms with E-state index in [1.165, 1.54) is 0 Å². The average Bonchev–Trinajstić information content (AvgIpc) is 2.85. The molecule has 0 fully saturated rings. The van der Waals surface area contributed by atoms with Crippen molar-refractivity contribution in [1.82, 2.24) is 10.1 Å². The molecule has 0 spiro atoms. The van der Waals surface area contributed by atoms with Gasteiger partial charge in [-0.2, -0.15) is 16.3 Å². The van der Waals surface area contributed by atoms with Crippen LogP contribution >= 0.6 is 11.3 Å². The summed E-state index contributed by atoms with van der Waals surface area (Å²) in [6.07, 6.45) is 0.713. The third-order valence-corrected chi connectivity index (χ3v) is 2.81. The van der Waals surface area contributed by atoms with E-state index in [4.69, 9.17) is 4.52 Å². The van der Waals surface area contributed by atoms with Gasteiger partial charge in [0.25, 0.3) is 0 Å². The lowest BCUT2D eigenvalue weighted by Crippen LogP contribution is -2.08. The SMILES string of the molecule is CCC(O)Cc1nc(-c2ccsc2)no1. The molecule has 5 heteroatoms. The molecule has 80 valence electrons. The molecule has 1 atom stereocenters. The molecule has 0 bridgehead atoms. The third-order valence-electron chi connectivity index (χ3n) is 2.13. The minimum Gasteiger partial charge on any atom is -0.393 e. The highest BCUT2D eigenvalue weighted by Crippen LogP contribution is 2.19. The molecular weight excluding hydrogens is 212 g/mol. The van der Waals surface area contributed by atoms with E-state index in [-0.39, 0.29) is 0 Å². The standard InChI is InChI=1S/C10H12N2O2S/c1-2-8(13)5-9-11-10(12-14-9)7-3-4-15-6-7/h3-4,6,8,13H,2,5H2,1H3. The van der Waals surface area contributed by atoms with Gasteiger partial charge in [-0.05, 0) is 17.9 Å². The Hall–Kier alpha value is -1.20. The first-order valence-corrected chi connectivity index (χ1v) is 5.77. The van der Waals surface area contributed by atoms with Gasteiger partial charge in [0.1, 0.15) is 0 Å². The minimum absolute atomic E-state index is 0.402. The Morgan fingerprint density at radius 1 is 1.60 bits per heavy atom. The molecule has 2 aromatic rings. The fourth-order valence-corrected chi connectivity index (χ4v) is 1.83. The molecular formula is C10H12N2O2S. The molecule has 0 saturated heterocycles. The first kappa shape index (κ1) is 10.3. The van der Waals surface area contributed by atoms with Crippen LogP contribution in [0.15, 0.2) is 21.3 Å². The van der Waals surface area contributed by atoms with E-state index in [1.54, 1.807) is 11.3 Å². The molecule has 0 aliphatic heterocycles. The van der Waals surface area contributed by atoms with E-state index in [0.29, 0.717) is 24.6 Å². The van der Waals surface area contributed by atoms with E-state index in [0.717, 1.165) is 5.56 Å². The van der Waals surface area contributed by atoms with Gasteiger partial charge in [0.05, 0.1) is 12.5 Å². The molecule has 2 heterocycles. The zero-order valence-electron chi connectivity index (χ0n) is 8.38. The molecule has 1 N–H and O–H groups in total. The Morgan fingerprint density at radius 3 is 3.13 bits per heavy atom. The average molecular weight is 224 g/mol. The Balaban J connectivity index is 2.11. The van der Waals surface area contributed by atoms with Crippen LogP contribution in [0.25, 0.3) is 11.4 Å². The fourth-order valence-electron chi connectivity index (χ4n) is 1.19. The van der Waals surface area contributed by atoms with Crippen molar-refractivity contribution in [1.29, 1.82) is 0 Å². The van der Waals surface area contributed by atoms with E-state index < -0.39 is 6.10 Å². The van der Waals surface area contributed by atoms with Crippen LogP contribution < -0.4 is 0 Å². The molecule has 0 aliphatic carbocycles. The fraction of sp³-hybridized carbons (Fsp3) is 0.400. The Morgan fingerprint density at radius 2 is 2.47 bits per heavy atom. The van der Waals surface area contributed by atoms with Gasteiger partial charge in [-0.15, -0.1) is 0 Å². The maximum atomic E-state index is 9.43. The van der Waals surface area contributed by atoms with Gasteiger partial charge in [-0.1, -0.05) is 12.1 Å². The highest BCUT2D eigenvalue weighted by Gasteiger charge is 2.11. The van der Waals surface area contributed by atoms with Crippen molar-refractivity contribution in [2.75, 3.05) is 0 Å². The van der Waals surface area contributed by atoms with Crippen LogP contribution in [0, 0.1) is 0 Å². The van der Waals surface area contributed by atoms with Gasteiger partial charge in [0.15, 0.2) is 0 Å². The first-order valence-electron chi connectivity index (χ1n) is 4.82. The maximum absolute atomic E-state index is 9.43. The third kappa shape index (κ3) is 2.43. The van der Waals surface area contributed by atoms with Crippen molar-refractivity contribution in [3.63, 3.8) is 0 Å². The first-order chi connectivity index (χ1) is 7.29. The topological polar surface area (TPSA) is 59.2 Å². The highest BCUT2D eigenvalue weighted by atomic mass is 32.1. The van der Waals surface area contributed by atoms with Crippen molar-refractivity contribution in [3.8, 4) is 11.4 Å². The summed E-state index contributed by atoms with van der Waals surface area (Å²) >= 11 is 1.59. The Bertz CT molecular complexity index is 411. The highest BCUT2D eigenvalue weighted by molar-refractivity contribution is 7.08. The lowest BCUT2D eigenvalue weighted by Gasteiger charge is -2.01. The Labute approximate surface area is 91.6 Å². The minimum atomic E-state index is -0.402. The molecule has 0 saturated carbocycles. The van der Waals surface area contributed by atoms with Gasteiger partial charge in [0.2, 0.25) is 11.7 Å². The van der Waals surface area contributed by atoms with Crippen LogP contribution in [0.5, 0.6) is 0 Å². The quantitative estimate of drug-likeness (QED) is 0.864. The molecule has 2 aromatic heterocycles. The number of hydrogen-bond donors (Lipinski definition) is 1. The zero-order valence-corrected chi connectivity index (χ0v) is 9.20. The second kappa shape index (κ2) is 4.55. The summed E-state index contributed by atoms with van der Waals surface area (Å²) in [6.45, 7) is 1.92. The predicted octanol–water partition coefficient (Wildman–Crippen LogP) is 2.11. The number of hydrogen-bond acceptors (Lipinski definition) is 5. The van der Waals surface area contributed by atoms with Crippen molar-refractivity contribution >= 4 is 11.3 Å². The summed E-state index contributed by atoms with van der Waals surface area (Å²) in [5.41, 5.74) is 0.959. The summed E-state index contributed by atoms with van der Waals surface area (Å²) in [7, 11) is 0. The van der Waals surface area contributed by atoms with Crippen LogP contribution in [-0.2, 0) is 6.42 Å². The van der Waals surface area contributed by atoms with E-state index in [2.05, 4.69) is 10.1 Å². The lowest BCUT2D eigenvalue weighted by atomic mass is 10.2. The van der Waals surface area contributed by atoms with E-state index in [9.17, 15) is 5.11 Å². The van der Waals surface area contributed by atoms with Crippen LogP contribution in [0.1, 0.15) is 19.2 Å².